The molecule has 1 saturated carbocycles. The summed E-state index contributed by atoms with van der Waals surface area (Å²) in [5, 5.41) is 3.02. The van der Waals surface area contributed by atoms with E-state index in [1.54, 1.807) is 7.05 Å². The van der Waals surface area contributed by atoms with Crippen molar-refractivity contribution >= 4 is 17.7 Å². The fourth-order valence-corrected chi connectivity index (χ4v) is 4.63. The molecule has 2 aliphatic rings. The van der Waals surface area contributed by atoms with E-state index in [0.29, 0.717) is 19.3 Å². The zero-order valence-electron chi connectivity index (χ0n) is 14.8. The monoisotopic (exact) mass is 308 g/mol. The Balaban J connectivity index is 2.41. The molecule has 2 bridgehead atoms. The van der Waals surface area contributed by atoms with E-state index in [-0.39, 0.29) is 23.3 Å². The molecule has 0 aromatic rings. The van der Waals surface area contributed by atoms with Gasteiger partial charge in [-0.2, -0.15) is 0 Å². The van der Waals surface area contributed by atoms with Crippen LogP contribution < -0.4 is 5.32 Å². The summed E-state index contributed by atoms with van der Waals surface area (Å²) < 4.78 is 0. The fraction of sp³-hybridized carbons (Fsp3) is 0.824. The Morgan fingerprint density at radius 1 is 1.00 bits per heavy atom. The van der Waals surface area contributed by atoms with Crippen molar-refractivity contribution in [1.82, 2.24) is 10.2 Å². The van der Waals surface area contributed by atoms with Crippen LogP contribution in [0.4, 0.5) is 0 Å². The number of carbonyl (C=O) groups excluding carboxylic acids is 3. The summed E-state index contributed by atoms with van der Waals surface area (Å²) >= 11 is 0. The van der Waals surface area contributed by atoms with Crippen molar-refractivity contribution in [2.45, 2.75) is 66.3 Å². The third-order valence-corrected chi connectivity index (χ3v) is 5.02. The molecule has 1 saturated heterocycles. The van der Waals surface area contributed by atoms with E-state index in [1.807, 2.05) is 41.5 Å². The smallest absolute Gasteiger partial charge is 0.234 e. The molecule has 1 heterocycles. The quantitative estimate of drug-likeness (QED) is 0.754. The zero-order valence-corrected chi connectivity index (χ0v) is 14.8. The third kappa shape index (κ3) is 2.55. The summed E-state index contributed by atoms with van der Waals surface area (Å²) in [6, 6.07) is 0. The van der Waals surface area contributed by atoms with Gasteiger partial charge in [0, 0.05) is 28.8 Å². The van der Waals surface area contributed by atoms with E-state index in [4.69, 9.17) is 0 Å². The minimum Gasteiger partial charge on any atom is -0.351 e. The molecule has 5 heteroatoms. The minimum atomic E-state index is -0.707. The number of hydrogen-bond donors (Lipinski definition) is 1. The van der Waals surface area contributed by atoms with Crippen LogP contribution in [-0.2, 0) is 14.4 Å². The van der Waals surface area contributed by atoms with Crippen LogP contribution in [0.15, 0.2) is 0 Å². The summed E-state index contributed by atoms with van der Waals surface area (Å²) in [5.41, 5.74) is -2.35. The molecule has 2 atom stereocenters. The Bertz CT molecular complexity index is 519. The van der Waals surface area contributed by atoms with E-state index < -0.39 is 16.2 Å². The highest BCUT2D eigenvalue weighted by Gasteiger charge is 2.62. The highest BCUT2D eigenvalue weighted by molar-refractivity contribution is 6.04. The van der Waals surface area contributed by atoms with Gasteiger partial charge in [-0.25, -0.2) is 0 Å². The number of hydrogen-bond acceptors (Lipinski definition) is 3. The Labute approximate surface area is 132 Å². The molecule has 22 heavy (non-hydrogen) atoms. The minimum absolute atomic E-state index is 0.0673. The molecule has 0 aromatic heterocycles. The molecule has 0 aromatic carbocycles. The van der Waals surface area contributed by atoms with E-state index >= 15 is 0 Å². The molecule has 1 N–H and O–H groups in total. The average Bonchev–Trinajstić information content (AvgIpc) is 2.31. The second-order valence-corrected chi connectivity index (χ2v) is 9.09. The maximum Gasteiger partial charge on any atom is 0.234 e. The number of nitrogens with zero attached hydrogens (tertiary/aromatic N) is 1. The summed E-state index contributed by atoms with van der Waals surface area (Å²) in [4.78, 5) is 39.2. The Kier molecular flexibility index (Phi) is 3.51. The van der Waals surface area contributed by atoms with Gasteiger partial charge >= 0.3 is 0 Å². The molecular formula is C17H28N2O3. The van der Waals surface area contributed by atoms with Gasteiger partial charge in [0.25, 0.3) is 0 Å². The van der Waals surface area contributed by atoms with Crippen LogP contribution in [0.3, 0.4) is 0 Å². The van der Waals surface area contributed by atoms with Crippen LogP contribution in [0, 0.1) is 16.2 Å². The van der Waals surface area contributed by atoms with Gasteiger partial charge < -0.3 is 5.32 Å². The number of likely N-dealkylation sites (tertiary alicyclic amines) is 1. The lowest BCUT2D eigenvalue weighted by Crippen LogP contribution is -2.64. The molecule has 3 amide bonds. The SMILES string of the molecule is CN1C(=O)C2(C)CC(C)(C(=O)NC(C)(C)C)CC(C)(C2)C1=O. The number of piperidine rings is 1. The maximum absolute atomic E-state index is 12.8. The second-order valence-electron chi connectivity index (χ2n) is 9.09. The van der Waals surface area contributed by atoms with E-state index in [0.717, 1.165) is 0 Å². The highest BCUT2D eigenvalue weighted by Crippen LogP contribution is 2.58. The van der Waals surface area contributed by atoms with Crippen molar-refractivity contribution in [2.24, 2.45) is 16.2 Å². The van der Waals surface area contributed by atoms with Gasteiger partial charge in [0.2, 0.25) is 17.7 Å². The van der Waals surface area contributed by atoms with Gasteiger partial charge in [0.1, 0.15) is 0 Å². The van der Waals surface area contributed by atoms with E-state index in [2.05, 4.69) is 5.32 Å². The summed E-state index contributed by atoms with van der Waals surface area (Å²) in [7, 11) is 1.55. The normalized spacial score (nSPS) is 39.0. The fourth-order valence-electron chi connectivity index (χ4n) is 4.63. The standard InChI is InChI=1S/C17H28N2O3/c1-14(2,3)18-11(20)15(4)8-16(5)10-17(6,9-15)13(22)19(7)12(16)21/h8-10H2,1-7H3,(H,18,20). The predicted octanol–water partition coefficient (Wildman–Crippen LogP) is 2.10. The number of nitrogens with one attached hydrogen (secondary N) is 1. The van der Waals surface area contributed by atoms with Gasteiger partial charge in [-0.05, 0) is 40.0 Å². The maximum atomic E-state index is 12.8. The van der Waals surface area contributed by atoms with Crippen molar-refractivity contribution in [3.05, 3.63) is 0 Å². The van der Waals surface area contributed by atoms with Gasteiger partial charge in [-0.3, -0.25) is 19.3 Å². The number of amides is 3. The molecule has 1 aliphatic carbocycles. The van der Waals surface area contributed by atoms with Crippen LogP contribution in [0.2, 0.25) is 0 Å². The first-order valence-electron chi connectivity index (χ1n) is 7.88. The van der Waals surface area contributed by atoms with Crippen molar-refractivity contribution in [2.75, 3.05) is 7.05 Å². The van der Waals surface area contributed by atoms with Gasteiger partial charge in [0.15, 0.2) is 0 Å². The number of carbonyl (C=O) groups is 3. The number of fused-ring (bicyclic) bond motifs is 2. The summed E-state index contributed by atoms with van der Waals surface area (Å²) in [6.07, 6.45) is 1.49. The molecule has 5 nitrogen and oxygen atoms in total. The number of imide groups is 1. The Morgan fingerprint density at radius 2 is 1.41 bits per heavy atom. The van der Waals surface area contributed by atoms with Crippen molar-refractivity contribution in [3.63, 3.8) is 0 Å². The first-order valence-corrected chi connectivity index (χ1v) is 7.88. The van der Waals surface area contributed by atoms with Gasteiger partial charge in [0.05, 0.1) is 0 Å². The van der Waals surface area contributed by atoms with Gasteiger partial charge in [-0.1, -0.05) is 20.8 Å². The van der Waals surface area contributed by atoms with E-state index in [1.165, 1.54) is 4.90 Å². The van der Waals surface area contributed by atoms with E-state index in [9.17, 15) is 14.4 Å². The second kappa shape index (κ2) is 4.56. The predicted molar refractivity (Wildman–Crippen MR) is 83.8 cm³/mol. The van der Waals surface area contributed by atoms with Crippen LogP contribution in [0.5, 0.6) is 0 Å². The van der Waals surface area contributed by atoms with Crippen LogP contribution >= 0.6 is 0 Å². The van der Waals surface area contributed by atoms with Crippen LogP contribution in [0.1, 0.15) is 60.8 Å². The molecule has 0 radical (unpaired) electrons. The van der Waals surface area contributed by atoms with Gasteiger partial charge in [-0.15, -0.1) is 0 Å². The largest absolute Gasteiger partial charge is 0.351 e. The molecular weight excluding hydrogens is 280 g/mol. The first-order chi connectivity index (χ1) is 9.73. The molecule has 2 unspecified atom stereocenters. The van der Waals surface area contributed by atoms with Crippen LogP contribution in [0.25, 0.3) is 0 Å². The highest BCUT2D eigenvalue weighted by atomic mass is 16.2. The average molecular weight is 308 g/mol. The first kappa shape index (κ1) is 17.0. The van der Waals surface area contributed by atoms with Crippen molar-refractivity contribution < 1.29 is 14.4 Å². The Hall–Kier alpha value is -1.39. The topological polar surface area (TPSA) is 66.5 Å². The van der Waals surface area contributed by atoms with Crippen molar-refractivity contribution in [1.29, 1.82) is 0 Å². The zero-order chi connectivity index (χ0) is 17.1. The number of rotatable bonds is 1. The lowest BCUT2D eigenvalue weighted by Gasteiger charge is -2.55. The Morgan fingerprint density at radius 3 is 1.77 bits per heavy atom. The summed E-state index contributed by atoms with van der Waals surface area (Å²) in [6.45, 7) is 11.5. The lowest BCUT2D eigenvalue weighted by molar-refractivity contribution is -0.178. The lowest BCUT2D eigenvalue weighted by atomic mass is 9.51. The molecule has 1 aliphatic heterocycles. The van der Waals surface area contributed by atoms with Crippen molar-refractivity contribution in [3.8, 4) is 0 Å². The van der Waals surface area contributed by atoms with Crippen LogP contribution in [-0.4, -0.2) is 35.2 Å². The molecule has 124 valence electrons. The molecule has 2 fully saturated rings. The molecule has 2 rings (SSSR count). The summed E-state index contributed by atoms with van der Waals surface area (Å²) in [5.74, 6) is -0.392. The third-order valence-electron chi connectivity index (χ3n) is 5.02. The molecule has 0 spiro atoms.